The number of hydrogen-bond acceptors (Lipinski definition) is 4. The van der Waals surface area contributed by atoms with Crippen LogP contribution in [0.1, 0.15) is 24.0 Å². The molecule has 2 aromatic heterocycles. The molecule has 1 aliphatic carbocycles. The summed E-state index contributed by atoms with van der Waals surface area (Å²) in [4.78, 5) is 6.80. The average Bonchev–Trinajstić information content (AvgIpc) is 3.13. The summed E-state index contributed by atoms with van der Waals surface area (Å²) in [6, 6.07) is 6.63. The molecule has 0 atom stereocenters. The van der Waals surface area contributed by atoms with Gasteiger partial charge in [-0.1, -0.05) is 0 Å². The Labute approximate surface area is 111 Å². The third-order valence-electron chi connectivity index (χ3n) is 3.21. The zero-order valence-corrected chi connectivity index (χ0v) is 10.9. The maximum Gasteiger partial charge on any atom is 0.129 e. The van der Waals surface area contributed by atoms with E-state index in [4.69, 9.17) is 0 Å². The van der Waals surface area contributed by atoms with Crippen LogP contribution in [-0.4, -0.2) is 16.1 Å². The first-order chi connectivity index (χ1) is 8.86. The van der Waals surface area contributed by atoms with Crippen LogP contribution >= 0.6 is 11.3 Å². The molecule has 1 aliphatic rings. The van der Waals surface area contributed by atoms with Crippen LogP contribution < -0.4 is 4.90 Å². The van der Waals surface area contributed by atoms with Gasteiger partial charge in [-0.3, -0.25) is 0 Å². The van der Waals surface area contributed by atoms with Crippen molar-refractivity contribution in [1.82, 2.24) is 4.98 Å². The van der Waals surface area contributed by atoms with Crippen LogP contribution in [-0.2, 0) is 13.2 Å². The molecular formula is C14H16N2OS. The maximum absolute atomic E-state index is 9.21. The van der Waals surface area contributed by atoms with Gasteiger partial charge in [0.25, 0.3) is 0 Å². The Kier molecular flexibility index (Phi) is 3.30. The predicted octanol–water partition coefficient (Wildman–Crippen LogP) is 2.80. The first kappa shape index (κ1) is 11.7. The molecule has 0 bridgehead atoms. The highest BCUT2D eigenvalue weighted by Crippen LogP contribution is 2.32. The lowest BCUT2D eigenvalue weighted by Gasteiger charge is -2.23. The van der Waals surface area contributed by atoms with Gasteiger partial charge in [0.1, 0.15) is 5.82 Å². The van der Waals surface area contributed by atoms with E-state index in [1.807, 2.05) is 12.1 Å². The molecule has 0 unspecified atom stereocenters. The van der Waals surface area contributed by atoms with Gasteiger partial charge in [-0.2, -0.15) is 11.3 Å². The standard InChI is InChI=1S/C14H16N2OS/c17-9-11-3-5-15-14(7-11)16(13-1-2-13)8-12-4-6-18-10-12/h3-7,10,13,17H,1-2,8-9H2. The van der Waals surface area contributed by atoms with Crippen LogP contribution in [0, 0.1) is 0 Å². The summed E-state index contributed by atoms with van der Waals surface area (Å²) in [7, 11) is 0. The maximum atomic E-state index is 9.21. The van der Waals surface area contributed by atoms with Gasteiger partial charge < -0.3 is 10.0 Å². The highest BCUT2D eigenvalue weighted by atomic mass is 32.1. The van der Waals surface area contributed by atoms with Gasteiger partial charge in [-0.15, -0.1) is 0 Å². The Morgan fingerprint density at radius 3 is 2.89 bits per heavy atom. The smallest absolute Gasteiger partial charge is 0.129 e. The molecule has 0 aromatic carbocycles. The Morgan fingerprint density at radius 1 is 1.33 bits per heavy atom. The van der Waals surface area contributed by atoms with Crippen LogP contribution in [0.2, 0.25) is 0 Å². The van der Waals surface area contributed by atoms with Gasteiger partial charge in [-0.05, 0) is 52.9 Å². The Bertz CT molecular complexity index is 508. The van der Waals surface area contributed by atoms with Crippen molar-refractivity contribution in [2.45, 2.75) is 32.0 Å². The lowest BCUT2D eigenvalue weighted by atomic mass is 10.2. The summed E-state index contributed by atoms with van der Waals surface area (Å²) in [5, 5.41) is 13.5. The predicted molar refractivity (Wildman–Crippen MR) is 73.7 cm³/mol. The van der Waals surface area contributed by atoms with Crippen molar-refractivity contribution >= 4 is 17.2 Å². The summed E-state index contributed by atoms with van der Waals surface area (Å²) >= 11 is 1.73. The van der Waals surface area contributed by atoms with E-state index in [0.717, 1.165) is 17.9 Å². The van der Waals surface area contributed by atoms with E-state index in [1.54, 1.807) is 17.5 Å². The lowest BCUT2D eigenvalue weighted by molar-refractivity contribution is 0.281. The third kappa shape index (κ3) is 2.54. The zero-order valence-electron chi connectivity index (χ0n) is 10.1. The van der Waals surface area contributed by atoms with Crippen molar-refractivity contribution in [3.8, 4) is 0 Å². The number of rotatable bonds is 5. The molecule has 18 heavy (non-hydrogen) atoms. The number of anilines is 1. The Balaban J connectivity index is 1.84. The van der Waals surface area contributed by atoms with Crippen LogP contribution in [0.15, 0.2) is 35.2 Å². The van der Waals surface area contributed by atoms with Gasteiger partial charge in [0.05, 0.1) is 6.61 Å². The summed E-state index contributed by atoms with van der Waals surface area (Å²) < 4.78 is 0. The van der Waals surface area contributed by atoms with Gasteiger partial charge in [0, 0.05) is 18.8 Å². The highest BCUT2D eigenvalue weighted by Gasteiger charge is 2.30. The largest absolute Gasteiger partial charge is 0.392 e. The molecule has 1 saturated carbocycles. The van der Waals surface area contributed by atoms with Crippen molar-refractivity contribution in [3.63, 3.8) is 0 Å². The van der Waals surface area contributed by atoms with Crippen LogP contribution in [0.3, 0.4) is 0 Å². The zero-order chi connectivity index (χ0) is 12.4. The topological polar surface area (TPSA) is 36.4 Å². The minimum absolute atomic E-state index is 0.0759. The minimum atomic E-state index is 0.0759. The summed E-state index contributed by atoms with van der Waals surface area (Å²) in [6.07, 6.45) is 4.27. The van der Waals surface area contributed by atoms with Crippen molar-refractivity contribution < 1.29 is 5.11 Å². The van der Waals surface area contributed by atoms with Gasteiger partial charge >= 0.3 is 0 Å². The molecule has 94 valence electrons. The number of nitrogens with zero attached hydrogens (tertiary/aromatic N) is 2. The third-order valence-corrected chi connectivity index (χ3v) is 3.94. The fourth-order valence-electron chi connectivity index (χ4n) is 2.08. The van der Waals surface area contributed by atoms with Gasteiger partial charge in [0.2, 0.25) is 0 Å². The first-order valence-electron chi connectivity index (χ1n) is 6.20. The molecule has 0 amide bonds. The Morgan fingerprint density at radius 2 is 2.22 bits per heavy atom. The van der Waals surface area contributed by atoms with E-state index in [2.05, 4.69) is 26.7 Å². The summed E-state index contributed by atoms with van der Waals surface area (Å²) in [6.45, 7) is 0.989. The second-order valence-corrected chi connectivity index (χ2v) is 5.45. The van der Waals surface area contributed by atoms with E-state index in [0.29, 0.717) is 6.04 Å². The number of hydrogen-bond donors (Lipinski definition) is 1. The number of aromatic nitrogens is 1. The SMILES string of the molecule is OCc1ccnc(N(Cc2ccsc2)C2CC2)c1. The highest BCUT2D eigenvalue weighted by molar-refractivity contribution is 7.07. The normalized spacial score (nSPS) is 14.7. The quantitative estimate of drug-likeness (QED) is 0.898. The van der Waals surface area contributed by atoms with Crippen molar-refractivity contribution in [2.24, 2.45) is 0 Å². The summed E-state index contributed by atoms with van der Waals surface area (Å²) in [5.74, 6) is 0.982. The van der Waals surface area contributed by atoms with E-state index >= 15 is 0 Å². The van der Waals surface area contributed by atoms with Crippen molar-refractivity contribution in [1.29, 1.82) is 0 Å². The number of aliphatic hydroxyl groups is 1. The lowest BCUT2D eigenvalue weighted by Crippen LogP contribution is -2.25. The van der Waals surface area contributed by atoms with E-state index < -0.39 is 0 Å². The molecule has 2 aromatic rings. The number of thiophene rings is 1. The molecule has 1 N–H and O–H groups in total. The minimum Gasteiger partial charge on any atom is -0.392 e. The monoisotopic (exact) mass is 260 g/mol. The van der Waals surface area contributed by atoms with Gasteiger partial charge in [-0.25, -0.2) is 4.98 Å². The van der Waals surface area contributed by atoms with E-state index in [-0.39, 0.29) is 6.61 Å². The average molecular weight is 260 g/mol. The summed E-state index contributed by atoms with van der Waals surface area (Å²) in [5.41, 5.74) is 2.26. The van der Waals surface area contributed by atoms with Crippen LogP contribution in [0.25, 0.3) is 0 Å². The molecule has 2 heterocycles. The molecule has 1 fully saturated rings. The molecular weight excluding hydrogens is 244 g/mol. The molecule has 4 heteroatoms. The Hall–Kier alpha value is -1.39. The molecule has 0 radical (unpaired) electrons. The van der Waals surface area contributed by atoms with E-state index in [1.165, 1.54) is 18.4 Å². The molecule has 3 rings (SSSR count). The molecule has 3 nitrogen and oxygen atoms in total. The van der Waals surface area contributed by atoms with Crippen LogP contribution in [0.5, 0.6) is 0 Å². The van der Waals surface area contributed by atoms with Gasteiger partial charge in [0.15, 0.2) is 0 Å². The molecule has 0 spiro atoms. The van der Waals surface area contributed by atoms with Crippen molar-refractivity contribution in [3.05, 3.63) is 46.3 Å². The van der Waals surface area contributed by atoms with Crippen molar-refractivity contribution in [2.75, 3.05) is 4.90 Å². The van der Waals surface area contributed by atoms with E-state index in [9.17, 15) is 5.11 Å². The second-order valence-electron chi connectivity index (χ2n) is 4.67. The molecule has 0 saturated heterocycles. The number of pyridine rings is 1. The van der Waals surface area contributed by atoms with Crippen LogP contribution in [0.4, 0.5) is 5.82 Å². The number of aliphatic hydroxyl groups excluding tert-OH is 1. The fraction of sp³-hybridized carbons (Fsp3) is 0.357. The fourth-order valence-corrected chi connectivity index (χ4v) is 2.74. The molecule has 0 aliphatic heterocycles. The first-order valence-corrected chi connectivity index (χ1v) is 7.14. The second kappa shape index (κ2) is 5.08.